The third-order valence-electron chi connectivity index (χ3n) is 2.23. The van der Waals surface area contributed by atoms with Crippen molar-refractivity contribution in [2.24, 2.45) is 0 Å². The topological polar surface area (TPSA) is 78.6 Å². The fourth-order valence-corrected chi connectivity index (χ4v) is 1.88. The maximum atomic E-state index is 11.1. The van der Waals surface area contributed by atoms with Gasteiger partial charge in [0.05, 0.1) is 20.0 Å². The number of ether oxygens (including phenoxy) is 1. The van der Waals surface area contributed by atoms with Crippen LogP contribution in [0.2, 0.25) is 0 Å². The first-order valence-electron chi connectivity index (χ1n) is 4.69. The van der Waals surface area contributed by atoms with Crippen molar-refractivity contribution in [3.05, 3.63) is 23.8 Å². The fraction of sp³-hybridized carbons (Fsp3) is 0.400. The number of hydrogen-bond acceptors (Lipinski definition) is 5. The monoisotopic (exact) mass is 245 g/mol. The highest BCUT2D eigenvalue weighted by Gasteiger charge is 2.10. The number of hydrogen-bond donors (Lipinski definition) is 1. The zero-order valence-electron chi connectivity index (χ0n) is 9.26. The zero-order chi connectivity index (χ0) is 12.2. The van der Waals surface area contributed by atoms with Gasteiger partial charge in [-0.2, -0.15) is 8.42 Å². The molecule has 1 aromatic rings. The SMILES string of the molecule is COc1ccc(CCS(=O)(=O)OC)c(N)c1. The van der Waals surface area contributed by atoms with Gasteiger partial charge in [-0.05, 0) is 18.1 Å². The predicted octanol–water partition coefficient (Wildman–Crippen LogP) is 0.796. The van der Waals surface area contributed by atoms with Crippen LogP contribution in [-0.4, -0.2) is 28.4 Å². The lowest BCUT2D eigenvalue weighted by Gasteiger charge is -2.07. The average Bonchev–Trinajstić information content (AvgIpc) is 2.27. The van der Waals surface area contributed by atoms with E-state index in [0.717, 1.165) is 12.7 Å². The third kappa shape index (κ3) is 3.39. The van der Waals surface area contributed by atoms with Crippen molar-refractivity contribution >= 4 is 15.8 Å². The number of rotatable bonds is 5. The normalized spacial score (nSPS) is 11.4. The van der Waals surface area contributed by atoms with Crippen molar-refractivity contribution in [2.45, 2.75) is 6.42 Å². The van der Waals surface area contributed by atoms with Gasteiger partial charge in [0.25, 0.3) is 10.1 Å². The molecule has 0 atom stereocenters. The number of nitrogens with two attached hydrogens (primary N) is 1. The summed E-state index contributed by atoms with van der Waals surface area (Å²) < 4.78 is 31.6. The van der Waals surface area contributed by atoms with Crippen LogP contribution in [0.3, 0.4) is 0 Å². The van der Waals surface area contributed by atoms with Crippen LogP contribution in [0.4, 0.5) is 5.69 Å². The van der Waals surface area contributed by atoms with Gasteiger partial charge < -0.3 is 10.5 Å². The van der Waals surface area contributed by atoms with Crippen LogP contribution in [0.15, 0.2) is 18.2 Å². The summed E-state index contributed by atoms with van der Waals surface area (Å²) in [6, 6.07) is 5.15. The van der Waals surface area contributed by atoms with Gasteiger partial charge in [-0.3, -0.25) is 4.18 Å². The summed E-state index contributed by atoms with van der Waals surface area (Å²) in [7, 11) is -0.746. The van der Waals surface area contributed by atoms with E-state index < -0.39 is 10.1 Å². The minimum atomic E-state index is -3.44. The van der Waals surface area contributed by atoms with Gasteiger partial charge in [-0.1, -0.05) is 6.07 Å². The van der Waals surface area contributed by atoms with Crippen molar-refractivity contribution in [2.75, 3.05) is 25.7 Å². The second-order valence-electron chi connectivity index (χ2n) is 3.24. The van der Waals surface area contributed by atoms with E-state index in [1.54, 1.807) is 25.3 Å². The summed E-state index contributed by atoms with van der Waals surface area (Å²) in [5.41, 5.74) is 7.04. The summed E-state index contributed by atoms with van der Waals surface area (Å²) in [6.45, 7) is 0. The molecule has 0 heterocycles. The molecular formula is C10H15NO4S. The molecule has 0 aliphatic rings. The van der Waals surface area contributed by atoms with Crippen LogP contribution in [0.25, 0.3) is 0 Å². The molecule has 0 radical (unpaired) electrons. The highest BCUT2D eigenvalue weighted by molar-refractivity contribution is 7.86. The highest BCUT2D eigenvalue weighted by atomic mass is 32.2. The Morgan fingerprint density at radius 1 is 1.31 bits per heavy atom. The Kier molecular flexibility index (Phi) is 4.14. The molecule has 0 aliphatic heterocycles. The van der Waals surface area contributed by atoms with Gasteiger partial charge in [-0.25, -0.2) is 0 Å². The third-order valence-corrected chi connectivity index (χ3v) is 3.44. The Bertz CT molecular complexity index is 456. The summed E-state index contributed by atoms with van der Waals surface area (Å²) in [5, 5.41) is 0. The Labute approximate surface area is 95.3 Å². The van der Waals surface area contributed by atoms with E-state index in [1.807, 2.05) is 0 Å². The Balaban J connectivity index is 2.76. The first-order chi connectivity index (χ1) is 7.48. The number of aryl methyl sites for hydroxylation is 1. The van der Waals surface area contributed by atoms with Crippen molar-refractivity contribution in [1.82, 2.24) is 0 Å². The summed E-state index contributed by atoms with van der Waals surface area (Å²) in [6.07, 6.45) is 0.325. The Hall–Kier alpha value is -1.27. The molecule has 0 aromatic heterocycles. The van der Waals surface area contributed by atoms with E-state index in [1.165, 1.54) is 0 Å². The molecule has 6 heteroatoms. The van der Waals surface area contributed by atoms with Crippen molar-refractivity contribution in [3.63, 3.8) is 0 Å². The van der Waals surface area contributed by atoms with E-state index in [2.05, 4.69) is 4.18 Å². The lowest BCUT2D eigenvalue weighted by atomic mass is 10.1. The Morgan fingerprint density at radius 2 is 2.00 bits per heavy atom. The molecule has 16 heavy (non-hydrogen) atoms. The van der Waals surface area contributed by atoms with Crippen LogP contribution < -0.4 is 10.5 Å². The molecule has 0 saturated carbocycles. The quantitative estimate of drug-likeness (QED) is 0.613. The second kappa shape index (κ2) is 5.18. The summed E-state index contributed by atoms with van der Waals surface area (Å²) >= 11 is 0. The van der Waals surface area contributed by atoms with Gasteiger partial charge >= 0.3 is 0 Å². The molecule has 0 amide bonds. The predicted molar refractivity (Wildman–Crippen MR) is 61.9 cm³/mol. The fourth-order valence-electron chi connectivity index (χ4n) is 1.25. The van der Waals surface area contributed by atoms with E-state index in [4.69, 9.17) is 10.5 Å². The Morgan fingerprint density at radius 3 is 2.50 bits per heavy atom. The average molecular weight is 245 g/mol. The lowest BCUT2D eigenvalue weighted by Crippen LogP contribution is -2.11. The second-order valence-corrected chi connectivity index (χ2v) is 5.10. The molecule has 90 valence electrons. The summed E-state index contributed by atoms with van der Waals surface area (Å²) in [5.74, 6) is 0.566. The molecule has 0 fully saturated rings. The smallest absolute Gasteiger partial charge is 0.267 e. The van der Waals surface area contributed by atoms with Crippen LogP contribution in [0, 0.1) is 0 Å². The van der Waals surface area contributed by atoms with Gasteiger partial charge in [0.15, 0.2) is 0 Å². The molecule has 1 aromatic carbocycles. The number of methoxy groups -OCH3 is 1. The van der Waals surface area contributed by atoms with Gasteiger partial charge in [0.2, 0.25) is 0 Å². The minimum absolute atomic E-state index is 0.0833. The number of anilines is 1. The highest BCUT2D eigenvalue weighted by Crippen LogP contribution is 2.20. The van der Waals surface area contributed by atoms with Crippen LogP contribution in [-0.2, 0) is 20.7 Å². The minimum Gasteiger partial charge on any atom is -0.497 e. The standard InChI is InChI=1S/C10H15NO4S/c1-14-9-4-3-8(10(11)7-9)5-6-16(12,13)15-2/h3-4,7H,5-6,11H2,1-2H3. The maximum absolute atomic E-state index is 11.1. The molecule has 2 N–H and O–H groups in total. The zero-order valence-corrected chi connectivity index (χ0v) is 10.1. The first-order valence-corrected chi connectivity index (χ1v) is 6.27. The van der Waals surface area contributed by atoms with Crippen molar-refractivity contribution in [1.29, 1.82) is 0 Å². The van der Waals surface area contributed by atoms with Gasteiger partial charge in [0, 0.05) is 11.8 Å². The van der Waals surface area contributed by atoms with E-state index in [9.17, 15) is 8.42 Å². The van der Waals surface area contributed by atoms with Crippen LogP contribution in [0.1, 0.15) is 5.56 Å². The van der Waals surface area contributed by atoms with Crippen LogP contribution >= 0.6 is 0 Å². The molecule has 0 spiro atoms. The number of nitrogen functional groups attached to an aromatic ring is 1. The van der Waals surface area contributed by atoms with Gasteiger partial charge in [-0.15, -0.1) is 0 Å². The van der Waals surface area contributed by atoms with E-state index >= 15 is 0 Å². The van der Waals surface area contributed by atoms with Crippen LogP contribution in [0.5, 0.6) is 5.75 Å². The van der Waals surface area contributed by atoms with Crippen molar-refractivity contribution < 1.29 is 17.3 Å². The first kappa shape index (κ1) is 12.8. The van der Waals surface area contributed by atoms with Gasteiger partial charge in [0.1, 0.15) is 5.75 Å². The maximum Gasteiger partial charge on any atom is 0.267 e. The molecule has 1 rings (SSSR count). The van der Waals surface area contributed by atoms with Crippen molar-refractivity contribution in [3.8, 4) is 5.75 Å². The number of benzene rings is 1. The molecule has 0 aliphatic carbocycles. The molecule has 0 saturated heterocycles. The molecule has 0 unspecified atom stereocenters. The summed E-state index contributed by atoms with van der Waals surface area (Å²) in [4.78, 5) is 0. The molecular weight excluding hydrogens is 230 g/mol. The molecule has 0 bridgehead atoms. The molecule has 5 nitrogen and oxygen atoms in total. The largest absolute Gasteiger partial charge is 0.497 e. The van der Waals surface area contributed by atoms with E-state index in [-0.39, 0.29) is 5.75 Å². The van der Waals surface area contributed by atoms with E-state index in [0.29, 0.717) is 17.9 Å². The lowest BCUT2D eigenvalue weighted by molar-refractivity contribution is 0.397.